The normalized spacial score (nSPS) is 16.7. The number of aldehydes is 1. The highest BCUT2D eigenvalue weighted by molar-refractivity contribution is 5.93. The van der Waals surface area contributed by atoms with Gasteiger partial charge >= 0.3 is 0 Å². The monoisotopic (exact) mass is 208 g/mol. The van der Waals surface area contributed by atoms with Crippen molar-refractivity contribution >= 4 is 6.29 Å². The lowest BCUT2D eigenvalue weighted by molar-refractivity contribution is 0.112. The van der Waals surface area contributed by atoms with E-state index in [2.05, 4.69) is 0 Å². The van der Waals surface area contributed by atoms with Crippen molar-refractivity contribution in [2.45, 2.75) is 6.04 Å². The van der Waals surface area contributed by atoms with Crippen molar-refractivity contribution in [2.75, 3.05) is 0 Å². The molecule has 1 N–H and O–H groups in total. The first-order valence-corrected chi connectivity index (χ1v) is 5.21. The molecular weight excluding hydrogens is 198 g/mol. The fraction of sp³-hybridized carbons (Fsp3) is 0.0714. The summed E-state index contributed by atoms with van der Waals surface area (Å²) in [6.07, 6.45) is 0.869. The predicted octanol–water partition coefficient (Wildman–Crippen LogP) is 3.62. The van der Waals surface area contributed by atoms with Gasteiger partial charge in [-0.2, -0.15) is 0 Å². The summed E-state index contributed by atoms with van der Waals surface area (Å²) in [5.74, 6) is 0. The molecule has 2 heteroatoms. The Morgan fingerprint density at radius 1 is 1.00 bits per heavy atom. The molecule has 0 aliphatic heterocycles. The van der Waals surface area contributed by atoms with Crippen LogP contribution >= 0.6 is 0 Å². The van der Waals surface area contributed by atoms with E-state index in [0.29, 0.717) is 5.56 Å². The van der Waals surface area contributed by atoms with Gasteiger partial charge in [0.25, 0.3) is 0 Å². The highest BCUT2D eigenvalue weighted by atomic mass is 16.1. The minimum absolute atomic E-state index is 0.355. The molecule has 2 aromatic rings. The summed E-state index contributed by atoms with van der Waals surface area (Å²) >= 11 is 0. The molecule has 2 aromatic carbocycles. The van der Waals surface area contributed by atoms with Gasteiger partial charge in [-0.15, -0.1) is 0 Å². The highest BCUT2D eigenvalue weighted by Gasteiger charge is 2.22. The van der Waals surface area contributed by atoms with E-state index < -0.39 is 0 Å². The van der Waals surface area contributed by atoms with Crippen molar-refractivity contribution in [1.29, 1.82) is 0 Å². The SMILES string of the molecule is [NH-]C1c2ccccc2-c2c(C=O)cccc21. The van der Waals surface area contributed by atoms with Crippen LogP contribution in [0.1, 0.15) is 27.5 Å². The summed E-state index contributed by atoms with van der Waals surface area (Å²) in [4.78, 5) is 11.0. The third-order valence-corrected chi connectivity index (χ3v) is 3.11. The molecule has 1 atom stereocenters. The minimum Gasteiger partial charge on any atom is -0.667 e. The maximum Gasteiger partial charge on any atom is 0.150 e. The average Bonchev–Trinajstić information content (AvgIpc) is 2.64. The third-order valence-electron chi connectivity index (χ3n) is 3.11. The van der Waals surface area contributed by atoms with Gasteiger partial charge in [-0.1, -0.05) is 59.6 Å². The van der Waals surface area contributed by atoms with Crippen molar-refractivity contribution in [3.8, 4) is 11.1 Å². The first kappa shape index (κ1) is 9.31. The van der Waals surface area contributed by atoms with E-state index in [0.717, 1.165) is 28.5 Å². The zero-order chi connectivity index (χ0) is 11.1. The minimum atomic E-state index is -0.355. The second kappa shape index (κ2) is 3.29. The fourth-order valence-corrected chi connectivity index (χ4v) is 2.38. The Hall–Kier alpha value is -1.93. The number of nitrogens with one attached hydrogen (secondary N) is 1. The number of fused-ring (bicyclic) bond motifs is 3. The molecule has 0 spiro atoms. The number of hydrogen-bond donors (Lipinski definition) is 0. The Kier molecular flexibility index (Phi) is 1.91. The van der Waals surface area contributed by atoms with Crippen LogP contribution < -0.4 is 0 Å². The Morgan fingerprint density at radius 2 is 1.75 bits per heavy atom. The molecule has 1 aliphatic carbocycles. The highest BCUT2D eigenvalue weighted by Crippen LogP contribution is 2.45. The molecule has 0 aromatic heterocycles. The summed E-state index contributed by atoms with van der Waals surface area (Å²) in [6, 6.07) is 13.1. The van der Waals surface area contributed by atoms with Gasteiger partial charge in [0.1, 0.15) is 0 Å². The number of hydrogen-bond acceptors (Lipinski definition) is 1. The summed E-state index contributed by atoms with van der Waals surface area (Å²) in [6.45, 7) is 0. The van der Waals surface area contributed by atoms with Crippen molar-refractivity contribution in [3.63, 3.8) is 0 Å². The van der Waals surface area contributed by atoms with Crippen LogP contribution in [0.15, 0.2) is 42.5 Å². The van der Waals surface area contributed by atoms with E-state index in [1.54, 1.807) is 6.07 Å². The second-order valence-electron chi connectivity index (χ2n) is 3.95. The fourth-order valence-electron chi connectivity index (χ4n) is 2.38. The van der Waals surface area contributed by atoms with Gasteiger partial charge in [-0.05, 0) is 11.1 Å². The van der Waals surface area contributed by atoms with Crippen molar-refractivity contribution in [1.82, 2.24) is 0 Å². The van der Waals surface area contributed by atoms with E-state index >= 15 is 0 Å². The lowest BCUT2D eigenvalue weighted by atomic mass is 10.0. The zero-order valence-corrected chi connectivity index (χ0v) is 8.60. The van der Waals surface area contributed by atoms with Gasteiger partial charge in [0, 0.05) is 5.56 Å². The lowest BCUT2D eigenvalue weighted by Gasteiger charge is -2.15. The zero-order valence-electron chi connectivity index (χ0n) is 8.60. The second-order valence-corrected chi connectivity index (χ2v) is 3.95. The molecule has 1 unspecified atom stereocenters. The number of benzene rings is 2. The molecule has 1 aliphatic rings. The maximum atomic E-state index is 11.0. The van der Waals surface area contributed by atoms with Crippen LogP contribution in [-0.4, -0.2) is 6.29 Å². The Labute approximate surface area is 93.7 Å². The van der Waals surface area contributed by atoms with E-state index in [-0.39, 0.29) is 6.04 Å². The topological polar surface area (TPSA) is 40.9 Å². The summed E-state index contributed by atoms with van der Waals surface area (Å²) in [5, 5.41) is 0. The van der Waals surface area contributed by atoms with Crippen molar-refractivity contribution in [3.05, 3.63) is 64.9 Å². The largest absolute Gasteiger partial charge is 0.667 e. The van der Waals surface area contributed by atoms with Crippen LogP contribution in [-0.2, 0) is 0 Å². The number of rotatable bonds is 1. The molecule has 0 bridgehead atoms. The van der Waals surface area contributed by atoms with Crippen LogP contribution in [0.2, 0.25) is 0 Å². The quantitative estimate of drug-likeness (QED) is 0.660. The molecular formula is C14H10NO-. The standard InChI is InChI=1S/C14H10NO/c15-14-11-6-2-1-5-10(11)13-9(8-16)4-3-7-12(13)14/h1-8,14-15H/q-1. The molecule has 3 rings (SSSR count). The third kappa shape index (κ3) is 1.08. The van der Waals surface area contributed by atoms with Crippen LogP contribution in [0.4, 0.5) is 0 Å². The molecule has 0 saturated carbocycles. The van der Waals surface area contributed by atoms with Gasteiger partial charge in [-0.3, -0.25) is 4.79 Å². The molecule has 0 amide bonds. The van der Waals surface area contributed by atoms with Gasteiger partial charge in [0.2, 0.25) is 0 Å². The number of carbonyl (C=O) groups excluding carboxylic acids is 1. The molecule has 0 heterocycles. The molecule has 16 heavy (non-hydrogen) atoms. The van der Waals surface area contributed by atoms with E-state index in [1.165, 1.54) is 0 Å². The van der Waals surface area contributed by atoms with Gasteiger partial charge in [-0.25, -0.2) is 0 Å². The average molecular weight is 208 g/mol. The Bertz CT molecular complexity index is 575. The molecule has 78 valence electrons. The lowest BCUT2D eigenvalue weighted by Crippen LogP contribution is -1.89. The first-order chi connectivity index (χ1) is 7.83. The first-order valence-electron chi connectivity index (χ1n) is 5.21. The molecule has 0 radical (unpaired) electrons. The Balaban J connectivity index is 2.39. The maximum absolute atomic E-state index is 11.0. The van der Waals surface area contributed by atoms with Crippen LogP contribution in [0.5, 0.6) is 0 Å². The van der Waals surface area contributed by atoms with Crippen molar-refractivity contribution in [2.24, 2.45) is 0 Å². The van der Waals surface area contributed by atoms with Gasteiger partial charge in [0.15, 0.2) is 6.29 Å². The van der Waals surface area contributed by atoms with E-state index in [1.807, 2.05) is 36.4 Å². The van der Waals surface area contributed by atoms with Crippen molar-refractivity contribution < 1.29 is 4.79 Å². The molecule has 0 saturated heterocycles. The predicted molar refractivity (Wildman–Crippen MR) is 63.4 cm³/mol. The Morgan fingerprint density at radius 3 is 2.56 bits per heavy atom. The molecule has 0 fully saturated rings. The van der Waals surface area contributed by atoms with Gasteiger partial charge in [0.05, 0.1) is 0 Å². The van der Waals surface area contributed by atoms with Crippen LogP contribution in [0.25, 0.3) is 16.9 Å². The number of carbonyl (C=O) groups is 1. The van der Waals surface area contributed by atoms with E-state index in [9.17, 15) is 4.79 Å². The summed E-state index contributed by atoms with van der Waals surface area (Å²) in [5.41, 5.74) is 12.7. The summed E-state index contributed by atoms with van der Waals surface area (Å²) in [7, 11) is 0. The van der Waals surface area contributed by atoms with Gasteiger partial charge < -0.3 is 5.73 Å². The summed E-state index contributed by atoms with van der Waals surface area (Å²) < 4.78 is 0. The van der Waals surface area contributed by atoms with Crippen LogP contribution in [0, 0.1) is 0 Å². The van der Waals surface area contributed by atoms with E-state index in [4.69, 9.17) is 5.73 Å². The van der Waals surface area contributed by atoms with Crippen LogP contribution in [0.3, 0.4) is 0 Å². The molecule has 2 nitrogen and oxygen atoms in total. The smallest absolute Gasteiger partial charge is 0.150 e.